The first-order chi connectivity index (χ1) is 9.94. The Kier molecular flexibility index (Phi) is 5.92. The van der Waals surface area contributed by atoms with Crippen LogP contribution in [0.25, 0.3) is 0 Å². The number of carbonyl (C=O) groups excluding carboxylic acids is 1. The van der Waals surface area contributed by atoms with E-state index in [1.165, 1.54) is 20.3 Å². The van der Waals surface area contributed by atoms with Gasteiger partial charge in [0.05, 0.1) is 31.3 Å². The van der Waals surface area contributed by atoms with E-state index in [9.17, 15) is 20.0 Å². The average molecular weight is 298 g/mol. The second kappa shape index (κ2) is 7.44. The zero-order valence-corrected chi connectivity index (χ0v) is 12.1. The van der Waals surface area contributed by atoms with Gasteiger partial charge in [-0.1, -0.05) is 6.92 Å². The van der Waals surface area contributed by atoms with Crippen molar-refractivity contribution >= 4 is 11.6 Å². The van der Waals surface area contributed by atoms with E-state index in [0.717, 1.165) is 6.07 Å². The van der Waals surface area contributed by atoms with Crippen LogP contribution in [0.4, 0.5) is 5.69 Å². The van der Waals surface area contributed by atoms with E-state index in [0.29, 0.717) is 6.42 Å². The summed E-state index contributed by atoms with van der Waals surface area (Å²) in [5, 5.41) is 22.9. The van der Waals surface area contributed by atoms with E-state index in [1.807, 2.05) is 0 Å². The van der Waals surface area contributed by atoms with Gasteiger partial charge in [0.2, 0.25) is 0 Å². The topological polar surface area (TPSA) is 111 Å². The molecule has 1 aromatic carbocycles. The Balaban J connectivity index is 3.14. The second-order valence-electron chi connectivity index (χ2n) is 4.25. The number of hydrogen-bond acceptors (Lipinski definition) is 6. The fourth-order valence-electron chi connectivity index (χ4n) is 1.65. The van der Waals surface area contributed by atoms with Gasteiger partial charge in [-0.3, -0.25) is 14.9 Å². The van der Waals surface area contributed by atoms with Crippen LogP contribution in [-0.2, 0) is 0 Å². The fourth-order valence-corrected chi connectivity index (χ4v) is 1.65. The second-order valence-corrected chi connectivity index (χ2v) is 4.25. The molecule has 1 amide bonds. The van der Waals surface area contributed by atoms with E-state index in [2.05, 4.69) is 5.32 Å². The van der Waals surface area contributed by atoms with Crippen LogP contribution in [0.2, 0.25) is 0 Å². The molecule has 0 spiro atoms. The lowest BCUT2D eigenvalue weighted by Crippen LogP contribution is -2.32. The number of nitro benzene ring substituents is 1. The summed E-state index contributed by atoms with van der Waals surface area (Å²) < 4.78 is 10.0. The number of carbonyl (C=O) groups is 1. The Bertz CT molecular complexity index is 532. The molecule has 1 unspecified atom stereocenters. The first-order valence-electron chi connectivity index (χ1n) is 6.31. The molecule has 0 saturated heterocycles. The van der Waals surface area contributed by atoms with Crippen LogP contribution in [0.3, 0.4) is 0 Å². The van der Waals surface area contributed by atoms with Crippen molar-refractivity contribution in [3.8, 4) is 11.5 Å². The highest BCUT2D eigenvalue weighted by Gasteiger charge is 2.24. The van der Waals surface area contributed by atoms with Crippen LogP contribution in [0, 0.1) is 10.1 Å². The number of aliphatic hydroxyl groups excluding tert-OH is 1. The Labute approximate surface area is 121 Å². The summed E-state index contributed by atoms with van der Waals surface area (Å²) in [6.07, 6.45) is -0.234. The van der Waals surface area contributed by atoms with Crippen LogP contribution in [0.15, 0.2) is 12.1 Å². The molecule has 1 rings (SSSR count). The Morgan fingerprint density at radius 3 is 2.43 bits per heavy atom. The molecule has 0 fully saturated rings. The van der Waals surface area contributed by atoms with Crippen LogP contribution in [0.1, 0.15) is 23.7 Å². The minimum atomic E-state index is -0.701. The molecule has 0 bridgehead atoms. The molecule has 8 nitrogen and oxygen atoms in total. The molecule has 0 saturated carbocycles. The van der Waals surface area contributed by atoms with E-state index < -0.39 is 22.6 Å². The van der Waals surface area contributed by atoms with Crippen molar-refractivity contribution in [1.29, 1.82) is 0 Å². The number of aliphatic hydroxyl groups is 1. The molecule has 0 radical (unpaired) electrons. The summed E-state index contributed by atoms with van der Waals surface area (Å²) in [5.74, 6) is -0.284. The zero-order chi connectivity index (χ0) is 16.0. The molecule has 8 heteroatoms. The minimum absolute atomic E-state index is 0.0147. The number of nitro groups is 1. The number of rotatable bonds is 7. The third-order valence-electron chi connectivity index (χ3n) is 2.91. The summed E-state index contributed by atoms with van der Waals surface area (Å²) in [7, 11) is 2.71. The molecule has 2 N–H and O–H groups in total. The molecule has 0 aliphatic rings. The first kappa shape index (κ1) is 16.7. The van der Waals surface area contributed by atoms with E-state index in [1.54, 1.807) is 6.92 Å². The molecule has 116 valence electrons. The van der Waals surface area contributed by atoms with Gasteiger partial charge in [-0.15, -0.1) is 0 Å². The fraction of sp³-hybridized carbons (Fsp3) is 0.462. The maximum Gasteiger partial charge on any atom is 0.286 e. The highest BCUT2D eigenvalue weighted by molar-refractivity contribution is 5.99. The van der Waals surface area contributed by atoms with Gasteiger partial charge in [0.25, 0.3) is 11.6 Å². The number of methoxy groups -OCH3 is 2. The van der Waals surface area contributed by atoms with Crippen LogP contribution >= 0.6 is 0 Å². The van der Waals surface area contributed by atoms with Crippen molar-refractivity contribution < 1.29 is 24.3 Å². The number of hydrogen-bond donors (Lipinski definition) is 2. The van der Waals surface area contributed by atoms with Gasteiger partial charge in [0.15, 0.2) is 11.5 Å². The zero-order valence-electron chi connectivity index (χ0n) is 12.1. The van der Waals surface area contributed by atoms with Gasteiger partial charge in [-0.2, -0.15) is 0 Å². The SMILES string of the molecule is CCC(O)CNC(=O)c1cc(OC)c(OC)cc1[N+](=O)[O-]. The van der Waals surface area contributed by atoms with Crippen molar-refractivity contribution in [3.63, 3.8) is 0 Å². The highest BCUT2D eigenvalue weighted by Crippen LogP contribution is 2.34. The lowest BCUT2D eigenvalue weighted by atomic mass is 10.1. The normalized spacial score (nSPS) is 11.6. The molecular weight excluding hydrogens is 280 g/mol. The van der Waals surface area contributed by atoms with Gasteiger partial charge in [-0.25, -0.2) is 0 Å². The van der Waals surface area contributed by atoms with Crippen LogP contribution < -0.4 is 14.8 Å². The van der Waals surface area contributed by atoms with Crippen molar-refractivity contribution in [1.82, 2.24) is 5.32 Å². The third-order valence-corrected chi connectivity index (χ3v) is 2.91. The molecular formula is C13H18N2O6. The maximum absolute atomic E-state index is 12.0. The van der Waals surface area contributed by atoms with Crippen molar-refractivity contribution in [2.45, 2.75) is 19.4 Å². The molecule has 0 aliphatic heterocycles. The summed E-state index contributed by atoms with van der Waals surface area (Å²) >= 11 is 0. The van der Waals surface area contributed by atoms with Gasteiger partial charge >= 0.3 is 0 Å². The Morgan fingerprint density at radius 1 is 1.38 bits per heavy atom. The predicted octanol–water partition coefficient (Wildman–Crippen LogP) is 1.11. The summed E-state index contributed by atoms with van der Waals surface area (Å²) in [6.45, 7) is 1.77. The summed E-state index contributed by atoms with van der Waals surface area (Å²) in [4.78, 5) is 22.4. The quantitative estimate of drug-likeness (QED) is 0.576. The summed E-state index contributed by atoms with van der Waals surface area (Å²) in [5.41, 5.74) is -0.544. The number of nitrogens with zero attached hydrogens (tertiary/aromatic N) is 1. The largest absolute Gasteiger partial charge is 0.493 e. The molecule has 1 aromatic rings. The van der Waals surface area contributed by atoms with Crippen molar-refractivity contribution in [2.24, 2.45) is 0 Å². The predicted molar refractivity (Wildman–Crippen MR) is 74.8 cm³/mol. The maximum atomic E-state index is 12.0. The number of benzene rings is 1. The van der Waals surface area contributed by atoms with E-state index >= 15 is 0 Å². The van der Waals surface area contributed by atoms with Crippen LogP contribution in [0.5, 0.6) is 11.5 Å². The lowest BCUT2D eigenvalue weighted by molar-refractivity contribution is -0.385. The van der Waals surface area contributed by atoms with Gasteiger partial charge < -0.3 is 19.9 Å². The van der Waals surface area contributed by atoms with Gasteiger partial charge in [-0.05, 0) is 6.42 Å². The third kappa shape index (κ3) is 4.06. The van der Waals surface area contributed by atoms with Crippen molar-refractivity contribution in [3.05, 3.63) is 27.8 Å². The number of amides is 1. The van der Waals surface area contributed by atoms with Gasteiger partial charge in [0, 0.05) is 12.6 Å². The van der Waals surface area contributed by atoms with E-state index in [4.69, 9.17) is 9.47 Å². The first-order valence-corrected chi connectivity index (χ1v) is 6.31. The van der Waals surface area contributed by atoms with E-state index in [-0.39, 0.29) is 23.6 Å². The number of nitrogens with one attached hydrogen (secondary N) is 1. The highest BCUT2D eigenvalue weighted by atomic mass is 16.6. The van der Waals surface area contributed by atoms with Crippen molar-refractivity contribution in [2.75, 3.05) is 20.8 Å². The average Bonchev–Trinajstić information content (AvgIpc) is 2.50. The molecule has 21 heavy (non-hydrogen) atoms. The molecule has 0 aromatic heterocycles. The molecule has 1 atom stereocenters. The Hall–Kier alpha value is -2.35. The standard InChI is InChI=1S/C13H18N2O6/c1-4-8(16)7-14-13(17)9-5-11(20-2)12(21-3)6-10(9)15(18)19/h5-6,8,16H,4,7H2,1-3H3,(H,14,17). The lowest BCUT2D eigenvalue weighted by Gasteiger charge is -2.12. The summed E-state index contributed by atoms with van der Waals surface area (Å²) in [6, 6.07) is 2.37. The Morgan fingerprint density at radius 2 is 1.95 bits per heavy atom. The molecule has 0 heterocycles. The number of ether oxygens (including phenoxy) is 2. The monoisotopic (exact) mass is 298 g/mol. The molecule has 0 aliphatic carbocycles. The van der Waals surface area contributed by atoms with Gasteiger partial charge in [0.1, 0.15) is 5.56 Å². The van der Waals surface area contributed by atoms with Crippen LogP contribution in [-0.4, -0.2) is 42.8 Å². The minimum Gasteiger partial charge on any atom is -0.493 e. The smallest absolute Gasteiger partial charge is 0.286 e.